The van der Waals surface area contributed by atoms with E-state index in [-0.39, 0.29) is 18.4 Å². The van der Waals surface area contributed by atoms with Gasteiger partial charge in [-0.2, -0.15) is 0 Å². The average molecular weight is 292 g/mol. The van der Waals surface area contributed by atoms with Crippen LogP contribution in [-0.4, -0.2) is 44.9 Å². The number of amides is 2. The fourth-order valence-electron chi connectivity index (χ4n) is 2.61. The first-order chi connectivity index (χ1) is 8.84. The number of halogens is 1. The lowest BCUT2D eigenvalue weighted by Gasteiger charge is -2.23. The summed E-state index contributed by atoms with van der Waals surface area (Å²) >= 11 is 0. The predicted octanol–water partition coefficient (Wildman–Crippen LogP) is 1.28. The fraction of sp³-hybridized carbons (Fsp3) is 0.923. The van der Waals surface area contributed by atoms with Gasteiger partial charge in [0.15, 0.2) is 0 Å². The summed E-state index contributed by atoms with van der Waals surface area (Å²) in [6, 6.07) is 0.355. The van der Waals surface area contributed by atoms with Crippen LogP contribution in [0.2, 0.25) is 0 Å². The minimum Gasteiger partial charge on any atom is -0.380 e. The van der Waals surface area contributed by atoms with Crippen LogP contribution in [0.15, 0.2) is 0 Å². The Morgan fingerprint density at radius 1 is 1.26 bits per heavy atom. The van der Waals surface area contributed by atoms with Gasteiger partial charge in [0.05, 0.1) is 13.2 Å². The lowest BCUT2D eigenvalue weighted by atomic mass is 9.96. The number of carbonyl (C=O) groups excluding carboxylic acids is 1. The van der Waals surface area contributed by atoms with E-state index >= 15 is 0 Å². The van der Waals surface area contributed by atoms with Crippen LogP contribution in [0.4, 0.5) is 4.79 Å². The molecule has 0 aromatic heterocycles. The zero-order valence-electron chi connectivity index (χ0n) is 11.5. The number of rotatable bonds is 3. The topological polar surface area (TPSA) is 62.4 Å². The summed E-state index contributed by atoms with van der Waals surface area (Å²) < 4.78 is 5.46. The van der Waals surface area contributed by atoms with Crippen LogP contribution in [0.3, 0.4) is 0 Å². The van der Waals surface area contributed by atoms with Crippen molar-refractivity contribution in [2.24, 2.45) is 5.92 Å². The third-order valence-electron chi connectivity index (χ3n) is 3.70. The number of nitrogens with one attached hydrogen (secondary N) is 3. The van der Waals surface area contributed by atoms with Crippen molar-refractivity contribution in [2.75, 3.05) is 32.8 Å². The largest absolute Gasteiger partial charge is 0.380 e. The van der Waals surface area contributed by atoms with Gasteiger partial charge in [-0.05, 0) is 12.8 Å². The fourth-order valence-corrected chi connectivity index (χ4v) is 2.61. The molecular formula is C13H26ClN3O2. The van der Waals surface area contributed by atoms with Crippen LogP contribution in [0.25, 0.3) is 0 Å². The highest BCUT2D eigenvalue weighted by Gasteiger charge is 2.17. The van der Waals surface area contributed by atoms with Crippen molar-refractivity contribution in [2.45, 2.75) is 38.1 Å². The van der Waals surface area contributed by atoms with E-state index in [0.717, 1.165) is 39.1 Å². The maximum atomic E-state index is 11.8. The summed E-state index contributed by atoms with van der Waals surface area (Å²) in [5.41, 5.74) is 0. The van der Waals surface area contributed by atoms with E-state index in [2.05, 4.69) is 16.0 Å². The predicted molar refractivity (Wildman–Crippen MR) is 77.8 cm³/mol. The van der Waals surface area contributed by atoms with Crippen LogP contribution in [0.5, 0.6) is 0 Å². The summed E-state index contributed by atoms with van der Waals surface area (Å²) in [7, 11) is 0. The van der Waals surface area contributed by atoms with Gasteiger partial charge < -0.3 is 20.7 Å². The van der Waals surface area contributed by atoms with Crippen molar-refractivity contribution in [3.63, 3.8) is 0 Å². The zero-order chi connectivity index (χ0) is 12.6. The molecule has 1 heterocycles. The Hall–Kier alpha value is -0.520. The molecule has 2 fully saturated rings. The van der Waals surface area contributed by atoms with E-state index in [1.54, 1.807) is 0 Å². The van der Waals surface area contributed by atoms with E-state index in [1.165, 1.54) is 19.3 Å². The monoisotopic (exact) mass is 291 g/mol. The minimum absolute atomic E-state index is 0. The van der Waals surface area contributed by atoms with Gasteiger partial charge in [0.2, 0.25) is 0 Å². The molecule has 6 heteroatoms. The molecule has 2 amide bonds. The van der Waals surface area contributed by atoms with E-state index in [9.17, 15) is 4.79 Å². The summed E-state index contributed by atoms with van der Waals surface area (Å²) in [6.45, 7) is 4.02. The summed E-state index contributed by atoms with van der Waals surface area (Å²) in [4.78, 5) is 11.8. The third-order valence-corrected chi connectivity index (χ3v) is 3.70. The van der Waals surface area contributed by atoms with Gasteiger partial charge in [0.1, 0.15) is 0 Å². The van der Waals surface area contributed by atoms with Crippen molar-refractivity contribution in [3.8, 4) is 0 Å². The van der Waals surface area contributed by atoms with Gasteiger partial charge in [0.25, 0.3) is 0 Å². The van der Waals surface area contributed by atoms with Crippen molar-refractivity contribution in [1.82, 2.24) is 16.0 Å². The second-order valence-corrected chi connectivity index (χ2v) is 5.33. The Kier molecular flexibility index (Phi) is 8.18. The highest BCUT2D eigenvalue weighted by molar-refractivity contribution is 5.85. The molecule has 1 unspecified atom stereocenters. The van der Waals surface area contributed by atoms with Gasteiger partial charge in [-0.25, -0.2) is 4.79 Å². The maximum Gasteiger partial charge on any atom is 0.315 e. The van der Waals surface area contributed by atoms with E-state index in [0.29, 0.717) is 18.5 Å². The van der Waals surface area contributed by atoms with Crippen LogP contribution in [-0.2, 0) is 4.74 Å². The van der Waals surface area contributed by atoms with Crippen LogP contribution < -0.4 is 16.0 Å². The van der Waals surface area contributed by atoms with Gasteiger partial charge in [-0.3, -0.25) is 0 Å². The Morgan fingerprint density at radius 3 is 2.84 bits per heavy atom. The summed E-state index contributed by atoms with van der Waals surface area (Å²) in [6.07, 6.45) is 6.05. The zero-order valence-corrected chi connectivity index (χ0v) is 12.3. The summed E-state index contributed by atoms with van der Waals surface area (Å²) in [5.74, 6) is 0.379. The molecular weight excluding hydrogens is 266 g/mol. The molecule has 0 spiro atoms. The molecule has 1 atom stereocenters. The molecule has 2 aliphatic rings. The highest BCUT2D eigenvalue weighted by atomic mass is 35.5. The van der Waals surface area contributed by atoms with Crippen molar-refractivity contribution in [1.29, 1.82) is 0 Å². The van der Waals surface area contributed by atoms with Crippen LogP contribution in [0, 0.1) is 5.92 Å². The molecule has 0 bridgehead atoms. The number of ether oxygens (including phenoxy) is 1. The molecule has 19 heavy (non-hydrogen) atoms. The van der Waals surface area contributed by atoms with Gasteiger partial charge in [-0.1, -0.05) is 19.3 Å². The second kappa shape index (κ2) is 9.39. The van der Waals surface area contributed by atoms with Crippen LogP contribution in [0.1, 0.15) is 32.1 Å². The van der Waals surface area contributed by atoms with E-state index in [1.807, 2.05) is 0 Å². The second-order valence-electron chi connectivity index (χ2n) is 5.33. The minimum atomic E-state index is -0.0221. The first kappa shape index (κ1) is 16.5. The van der Waals surface area contributed by atoms with E-state index < -0.39 is 0 Å². The number of hydrogen-bond donors (Lipinski definition) is 3. The lowest BCUT2D eigenvalue weighted by Crippen LogP contribution is -2.45. The van der Waals surface area contributed by atoms with Gasteiger partial charge in [0, 0.05) is 31.6 Å². The van der Waals surface area contributed by atoms with Crippen molar-refractivity contribution in [3.05, 3.63) is 0 Å². The SMILES string of the molecule is Cl.O=C(NCC1CNCCOC1)NC1CCCCC1. The van der Waals surface area contributed by atoms with Gasteiger partial charge in [-0.15, -0.1) is 12.4 Å². The number of carbonyl (C=O) groups is 1. The molecule has 0 aromatic carbocycles. The number of hydrogen-bond acceptors (Lipinski definition) is 3. The first-order valence-electron chi connectivity index (χ1n) is 7.17. The van der Waals surface area contributed by atoms with Crippen molar-refractivity contribution < 1.29 is 9.53 Å². The van der Waals surface area contributed by atoms with Crippen molar-refractivity contribution >= 4 is 18.4 Å². The van der Waals surface area contributed by atoms with Crippen LogP contribution >= 0.6 is 12.4 Å². The Morgan fingerprint density at radius 2 is 2.05 bits per heavy atom. The Balaban J connectivity index is 0.00000180. The quantitative estimate of drug-likeness (QED) is 0.734. The third kappa shape index (κ3) is 6.45. The Labute approximate surface area is 121 Å². The molecule has 1 aliphatic heterocycles. The molecule has 5 nitrogen and oxygen atoms in total. The number of urea groups is 1. The maximum absolute atomic E-state index is 11.8. The smallest absolute Gasteiger partial charge is 0.315 e. The molecule has 1 aliphatic carbocycles. The first-order valence-corrected chi connectivity index (χ1v) is 7.17. The Bertz CT molecular complexity index is 252. The van der Waals surface area contributed by atoms with E-state index in [4.69, 9.17) is 4.74 Å². The molecule has 1 saturated heterocycles. The average Bonchev–Trinajstić information content (AvgIpc) is 2.66. The lowest BCUT2D eigenvalue weighted by molar-refractivity contribution is 0.123. The molecule has 2 rings (SSSR count). The van der Waals surface area contributed by atoms with Gasteiger partial charge >= 0.3 is 6.03 Å². The highest BCUT2D eigenvalue weighted by Crippen LogP contribution is 2.17. The molecule has 1 saturated carbocycles. The molecule has 0 radical (unpaired) electrons. The molecule has 112 valence electrons. The molecule has 0 aromatic rings. The normalized spacial score (nSPS) is 24.9. The summed E-state index contributed by atoms with van der Waals surface area (Å²) in [5, 5.41) is 9.33. The molecule has 3 N–H and O–H groups in total. The standard InChI is InChI=1S/C13H25N3O2.ClH/c17-13(16-12-4-2-1-3-5-12)15-9-11-8-14-6-7-18-10-11;/h11-12,14H,1-10H2,(H2,15,16,17);1H.